The minimum Gasteiger partial charge on any atom is -0.288 e. The first-order valence-corrected chi connectivity index (χ1v) is 6.77. The van der Waals surface area contributed by atoms with Gasteiger partial charge in [0.15, 0.2) is 0 Å². The number of benzene rings is 1. The van der Waals surface area contributed by atoms with Gasteiger partial charge in [0.25, 0.3) is 0 Å². The predicted octanol–water partition coefficient (Wildman–Crippen LogP) is 3.07. The van der Waals surface area contributed by atoms with Gasteiger partial charge >= 0.3 is 0 Å². The van der Waals surface area contributed by atoms with Crippen molar-refractivity contribution in [2.45, 2.75) is 11.8 Å². The van der Waals surface area contributed by atoms with Crippen LogP contribution in [0.4, 0.5) is 0 Å². The molecule has 0 bridgehead atoms. The second kappa shape index (κ2) is 5.61. The van der Waals surface area contributed by atoms with Crippen LogP contribution in [0.25, 0.3) is 11.1 Å². The fourth-order valence-corrected chi connectivity index (χ4v) is 2.23. The Morgan fingerprint density at radius 2 is 1.89 bits per heavy atom. The normalized spacial score (nSPS) is 9.67. The van der Waals surface area contributed by atoms with Crippen LogP contribution in [-0.4, -0.2) is 10.8 Å². The summed E-state index contributed by atoms with van der Waals surface area (Å²) in [6.07, 6.45) is 5.46. The van der Waals surface area contributed by atoms with E-state index in [1.807, 2.05) is 36.6 Å². The molecule has 90 valence electrons. The molecular formula is C15H13NOS. The van der Waals surface area contributed by atoms with Gasteiger partial charge in [-0.25, -0.2) is 0 Å². The molecule has 0 atom stereocenters. The number of rotatable bonds is 2. The lowest BCUT2D eigenvalue weighted by atomic mass is 10.1. The molecule has 0 amide bonds. The van der Waals surface area contributed by atoms with Gasteiger partial charge in [-0.05, 0) is 18.7 Å². The predicted molar refractivity (Wildman–Crippen MR) is 76.8 cm³/mol. The van der Waals surface area contributed by atoms with Crippen LogP contribution in [0.2, 0.25) is 0 Å². The molecule has 18 heavy (non-hydrogen) atoms. The van der Waals surface area contributed by atoms with Crippen LogP contribution in [0.3, 0.4) is 0 Å². The minimum atomic E-state index is 0.0582. The lowest BCUT2D eigenvalue weighted by Gasteiger charge is -2.06. The van der Waals surface area contributed by atoms with Crippen LogP contribution in [-0.2, 0) is 0 Å². The zero-order valence-corrected chi connectivity index (χ0v) is 11.1. The van der Waals surface area contributed by atoms with Crippen LogP contribution in [0.15, 0.2) is 52.4 Å². The molecule has 0 aliphatic heterocycles. The first kappa shape index (κ1) is 12.5. The summed E-state index contributed by atoms with van der Waals surface area (Å²) in [5, 5.41) is 0. The Bertz CT molecular complexity index is 662. The van der Waals surface area contributed by atoms with Gasteiger partial charge in [0, 0.05) is 24.0 Å². The van der Waals surface area contributed by atoms with Gasteiger partial charge in [-0.2, -0.15) is 0 Å². The molecular weight excluding hydrogens is 242 g/mol. The van der Waals surface area contributed by atoms with Crippen molar-refractivity contribution in [3.05, 3.63) is 52.9 Å². The van der Waals surface area contributed by atoms with Gasteiger partial charge in [0.1, 0.15) is 0 Å². The molecule has 2 rings (SSSR count). The molecule has 0 spiro atoms. The number of hydrogen-bond donors (Lipinski definition) is 0. The summed E-state index contributed by atoms with van der Waals surface area (Å²) in [6.45, 7) is 1.78. The van der Waals surface area contributed by atoms with Crippen LogP contribution >= 0.6 is 11.8 Å². The van der Waals surface area contributed by atoms with Crippen molar-refractivity contribution in [1.29, 1.82) is 0 Å². The summed E-state index contributed by atoms with van der Waals surface area (Å²) in [6, 6.07) is 12.6. The Kier molecular flexibility index (Phi) is 3.91. The molecule has 0 aliphatic carbocycles. The van der Waals surface area contributed by atoms with Crippen molar-refractivity contribution < 1.29 is 0 Å². The van der Waals surface area contributed by atoms with Crippen LogP contribution < -0.4 is 5.43 Å². The molecule has 0 N–H and O–H groups in total. The topological polar surface area (TPSA) is 22.0 Å². The quantitative estimate of drug-likeness (QED) is 0.608. The van der Waals surface area contributed by atoms with Gasteiger partial charge in [0.05, 0.1) is 4.90 Å². The number of aromatic nitrogens is 1. The monoisotopic (exact) mass is 255 g/mol. The summed E-state index contributed by atoms with van der Waals surface area (Å²) in [5.74, 6) is 2.84. The zero-order valence-electron chi connectivity index (χ0n) is 10.3. The van der Waals surface area contributed by atoms with Crippen molar-refractivity contribution in [2.24, 2.45) is 0 Å². The maximum atomic E-state index is 12.3. The molecule has 2 aromatic rings. The zero-order chi connectivity index (χ0) is 13.0. The molecule has 0 aliphatic rings. The van der Waals surface area contributed by atoms with Gasteiger partial charge in [-0.3, -0.25) is 9.36 Å². The Morgan fingerprint density at radius 1 is 1.17 bits per heavy atom. The molecule has 1 aromatic heterocycles. The Morgan fingerprint density at radius 3 is 2.50 bits per heavy atom. The number of thioether (sulfide) groups is 1. The summed E-state index contributed by atoms with van der Waals surface area (Å²) in [5.41, 5.74) is 1.66. The molecule has 3 heteroatoms. The Labute approximate surface area is 111 Å². The van der Waals surface area contributed by atoms with Crippen molar-refractivity contribution in [1.82, 2.24) is 4.57 Å². The Balaban J connectivity index is 2.69. The Hall–Kier alpha value is -1.92. The van der Waals surface area contributed by atoms with E-state index in [4.69, 9.17) is 0 Å². The van der Waals surface area contributed by atoms with Crippen LogP contribution in [0, 0.1) is 12.0 Å². The third-order valence-electron chi connectivity index (χ3n) is 2.54. The van der Waals surface area contributed by atoms with E-state index in [1.165, 1.54) is 11.8 Å². The van der Waals surface area contributed by atoms with E-state index in [1.54, 1.807) is 23.9 Å². The van der Waals surface area contributed by atoms with Gasteiger partial charge < -0.3 is 0 Å². The molecule has 2 nitrogen and oxygen atoms in total. The highest BCUT2D eigenvalue weighted by Gasteiger charge is 2.08. The van der Waals surface area contributed by atoms with E-state index in [2.05, 4.69) is 12.0 Å². The molecule has 0 fully saturated rings. The average molecular weight is 255 g/mol. The number of pyridine rings is 1. The lowest BCUT2D eigenvalue weighted by Crippen LogP contribution is -2.10. The minimum absolute atomic E-state index is 0.0582. The van der Waals surface area contributed by atoms with E-state index in [0.29, 0.717) is 10.5 Å². The van der Waals surface area contributed by atoms with Gasteiger partial charge in [-0.15, -0.1) is 11.8 Å². The summed E-state index contributed by atoms with van der Waals surface area (Å²) >= 11 is 1.44. The van der Waals surface area contributed by atoms with Gasteiger partial charge in [0.2, 0.25) is 5.43 Å². The second-order valence-electron chi connectivity index (χ2n) is 3.70. The average Bonchev–Trinajstić information content (AvgIpc) is 2.42. The van der Waals surface area contributed by atoms with Crippen LogP contribution in [0.5, 0.6) is 0 Å². The maximum absolute atomic E-state index is 12.3. The second-order valence-corrected chi connectivity index (χ2v) is 4.55. The van der Waals surface area contributed by atoms with Gasteiger partial charge in [-0.1, -0.05) is 36.3 Å². The molecule has 0 saturated carbocycles. The molecule has 1 heterocycles. The van der Waals surface area contributed by atoms with Crippen molar-refractivity contribution in [3.63, 3.8) is 0 Å². The van der Waals surface area contributed by atoms with Crippen molar-refractivity contribution in [3.8, 4) is 23.1 Å². The highest BCUT2D eigenvalue weighted by molar-refractivity contribution is 7.98. The standard InChI is InChI=1S/C15H13NOS/c1-3-9-16-10-13(12-7-5-4-6-8-12)15(17)14(11-16)18-2/h4-8,10-11H,1-2H3. The lowest BCUT2D eigenvalue weighted by molar-refractivity contribution is 1.04. The number of hydrogen-bond acceptors (Lipinski definition) is 2. The summed E-state index contributed by atoms with van der Waals surface area (Å²) in [7, 11) is 0. The molecule has 0 radical (unpaired) electrons. The summed E-state index contributed by atoms with van der Waals surface area (Å²) in [4.78, 5) is 13.0. The smallest absolute Gasteiger partial charge is 0.202 e. The van der Waals surface area contributed by atoms with E-state index >= 15 is 0 Å². The first-order chi connectivity index (χ1) is 8.76. The molecule has 0 unspecified atom stereocenters. The van der Waals surface area contributed by atoms with E-state index in [0.717, 1.165) is 5.56 Å². The van der Waals surface area contributed by atoms with Crippen molar-refractivity contribution >= 4 is 11.8 Å². The third-order valence-corrected chi connectivity index (χ3v) is 3.27. The fourth-order valence-electron chi connectivity index (χ4n) is 1.72. The third kappa shape index (κ3) is 2.49. The molecule has 0 saturated heterocycles. The SMILES string of the molecule is CC#Cn1cc(SC)c(=O)c(-c2ccccc2)c1. The van der Waals surface area contributed by atoms with Crippen LogP contribution in [0.1, 0.15) is 6.92 Å². The highest BCUT2D eigenvalue weighted by Crippen LogP contribution is 2.18. The van der Waals surface area contributed by atoms with E-state index < -0.39 is 0 Å². The molecule has 1 aromatic carbocycles. The highest BCUT2D eigenvalue weighted by atomic mass is 32.2. The number of nitrogens with zero attached hydrogens (tertiary/aromatic N) is 1. The van der Waals surface area contributed by atoms with E-state index in [9.17, 15) is 4.79 Å². The van der Waals surface area contributed by atoms with Crippen molar-refractivity contribution in [2.75, 3.05) is 6.26 Å². The fraction of sp³-hybridized carbons (Fsp3) is 0.133. The first-order valence-electron chi connectivity index (χ1n) is 5.54. The largest absolute Gasteiger partial charge is 0.288 e. The summed E-state index contributed by atoms with van der Waals surface area (Å²) < 4.78 is 1.75. The maximum Gasteiger partial charge on any atom is 0.202 e. The van der Waals surface area contributed by atoms with E-state index in [-0.39, 0.29) is 5.43 Å².